The Balaban J connectivity index is 0.807. The van der Waals surface area contributed by atoms with E-state index in [2.05, 4.69) is 398 Å². The fourth-order valence-corrected chi connectivity index (χ4v) is 21.6. The summed E-state index contributed by atoms with van der Waals surface area (Å²) in [5.41, 5.74) is 38.2. The molecule has 2 heteroatoms. The summed E-state index contributed by atoms with van der Waals surface area (Å²) in [5, 5.41) is 7.37. The SMILES string of the molecule is c1ccc(N2c3ccccc3C3(c4ccccc4-c4c(-c5cccc6c(-c7cccc8c7-c7ccccc7C87c8ccccc8-c8c7ccc7ccccc87)c7cccc(-c8cccc9c8-c8ccccc8C98c9ccccc9N(c9ccccc9)c9ccccc98)c7cc56)cccc43)c3ccccc32)cc1. The Labute approximate surface area is 621 Å². The smallest absolute Gasteiger partial charge is 0.0754 e. The van der Waals surface area contributed by atoms with Crippen LogP contribution in [-0.2, 0) is 16.2 Å². The topological polar surface area (TPSA) is 6.48 Å². The predicted octanol–water partition coefficient (Wildman–Crippen LogP) is 26.8. The first kappa shape index (κ1) is 58.8. The third-order valence-corrected chi connectivity index (χ3v) is 25.3. The van der Waals surface area contributed by atoms with Crippen LogP contribution < -0.4 is 9.80 Å². The largest absolute Gasteiger partial charge is 0.310 e. The quantitative estimate of drug-likeness (QED) is 0.159. The Bertz CT molecular complexity index is 6530. The van der Waals surface area contributed by atoms with Crippen LogP contribution in [0, 0.1) is 0 Å². The molecule has 2 heterocycles. The molecule has 0 saturated heterocycles. The number of rotatable bonds is 5. The highest BCUT2D eigenvalue weighted by atomic mass is 15.2. The maximum absolute atomic E-state index is 2.60. The molecular formula is C105H64N2. The van der Waals surface area contributed by atoms with Crippen molar-refractivity contribution in [3.05, 3.63) is 455 Å². The number of benzene rings is 18. The molecule has 494 valence electrons. The Morgan fingerprint density at radius 2 is 0.430 bits per heavy atom. The first-order valence-corrected chi connectivity index (χ1v) is 37.6. The van der Waals surface area contributed by atoms with Crippen LogP contribution in [0.3, 0.4) is 0 Å². The predicted molar refractivity (Wildman–Crippen MR) is 443 cm³/mol. The fraction of sp³-hybridized carbons (Fsp3) is 0.0286. The lowest BCUT2D eigenvalue weighted by atomic mass is 9.64. The van der Waals surface area contributed by atoms with E-state index in [-0.39, 0.29) is 0 Å². The molecule has 0 saturated carbocycles. The van der Waals surface area contributed by atoms with Gasteiger partial charge in [0.1, 0.15) is 0 Å². The number of nitrogens with zero attached hydrogens (tertiary/aromatic N) is 2. The van der Waals surface area contributed by atoms with E-state index in [1.54, 1.807) is 0 Å². The molecule has 18 aromatic carbocycles. The standard InChI is InChI=1S/C105H64N2/c1-3-31-66(32-4-1)106-94-58-21-17-51-86(94)104(87-52-18-22-59-95(87)106)84-49-15-10-37-76(84)100-71(44-27-55-90(100)104)69-40-25-42-73-80(69)64-81-70(72-45-28-56-91-101(72)77-38-11-16-50-85(77)105(91)88-53-19-23-60-96(88)107(67-33-5-2-6-34-67)97-61-24-20-54-89(97)105)41-26-43-74(81)98(73)79-46-29-57-92-102(79)78-39-12-14-48-83(78)103(92)82-47-13-9-36-75(82)99-68-35-8-7-30-65(68)62-63-93(99)103/h1-64H. The molecule has 0 radical (unpaired) electrons. The summed E-state index contributed by atoms with van der Waals surface area (Å²) in [7, 11) is 0. The highest BCUT2D eigenvalue weighted by molar-refractivity contribution is 6.23. The van der Waals surface area contributed by atoms with Crippen LogP contribution in [0.25, 0.3) is 110 Å². The Morgan fingerprint density at radius 3 is 0.860 bits per heavy atom. The molecule has 0 fully saturated rings. The molecule has 2 aliphatic heterocycles. The van der Waals surface area contributed by atoms with Crippen LogP contribution in [0.5, 0.6) is 0 Å². The van der Waals surface area contributed by atoms with E-state index in [1.165, 1.54) is 200 Å². The third-order valence-electron chi connectivity index (χ3n) is 25.3. The second-order valence-electron chi connectivity index (χ2n) is 29.8. The summed E-state index contributed by atoms with van der Waals surface area (Å²) in [6, 6.07) is 149. The maximum atomic E-state index is 2.60. The number of fused-ring (bicyclic) bond motifs is 32. The zero-order chi connectivity index (χ0) is 69.8. The van der Waals surface area contributed by atoms with Crippen LogP contribution in [0.15, 0.2) is 388 Å². The normalized spacial score (nSPS) is 15.4. The van der Waals surface area contributed by atoms with Gasteiger partial charge in [0.2, 0.25) is 0 Å². The molecular weight excluding hydrogens is 1290 g/mol. The van der Waals surface area contributed by atoms with Crippen LogP contribution in [0.1, 0.15) is 66.8 Å². The molecule has 0 N–H and O–H groups in total. The van der Waals surface area contributed by atoms with Crippen molar-refractivity contribution in [3.8, 4) is 77.9 Å². The summed E-state index contributed by atoms with van der Waals surface area (Å²) < 4.78 is 0. The molecule has 0 bridgehead atoms. The van der Waals surface area contributed by atoms with Crippen molar-refractivity contribution in [2.45, 2.75) is 16.2 Å². The molecule has 0 amide bonds. The molecule has 6 aliphatic rings. The minimum absolute atomic E-state index is 0.584. The van der Waals surface area contributed by atoms with Crippen molar-refractivity contribution in [3.63, 3.8) is 0 Å². The van der Waals surface area contributed by atoms with E-state index >= 15 is 0 Å². The average molecular weight is 1350 g/mol. The molecule has 2 nitrogen and oxygen atoms in total. The summed E-state index contributed by atoms with van der Waals surface area (Å²) in [5.74, 6) is 0. The van der Waals surface area contributed by atoms with E-state index < -0.39 is 16.2 Å². The maximum Gasteiger partial charge on any atom is 0.0754 e. The number of hydrogen-bond acceptors (Lipinski definition) is 2. The van der Waals surface area contributed by atoms with Crippen LogP contribution in [0.4, 0.5) is 34.1 Å². The van der Waals surface area contributed by atoms with E-state index in [9.17, 15) is 0 Å². The minimum Gasteiger partial charge on any atom is -0.310 e. The van der Waals surface area contributed by atoms with Crippen molar-refractivity contribution in [1.82, 2.24) is 0 Å². The lowest BCUT2D eigenvalue weighted by Crippen LogP contribution is -2.36. The monoisotopic (exact) mass is 1350 g/mol. The van der Waals surface area contributed by atoms with Gasteiger partial charge < -0.3 is 9.80 Å². The molecule has 1 unspecified atom stereocenters. The van der Waals surface area contributed by atoms with E-state index in [4.69, 9.17) is 0 Å². The van der Waals surface area contributed by atoms with E-state index in [1.807, 2.05) is 0 Å². The summed E-state index contributed by atoms with van der Waals surface area (Å²) >= 11 is 0. The zero-order valence-corrected chi connectivity index (χ0v) is 58.3. The minimum atomic E-state index is -0.645. The lowest BCUT2D eigenvalue weighted by molar-refractivity contribution is 0.753. The van der Waals surface area contributed by atoms with Crippen molar-refractivity contribution in [1.29, 1.82) is 0 Å². The Morgan fingerprint density at radius 1 is 0.150 bits per heavy atom. The van der Waals surface area contributed by atoms with Gasteiger partial charge in [-0.1, -0.05) is 334 Å². The molecule has 3 spiro atoms. The fourth-order valence-electron chi connectivity index (χ4n) is 21.6. The van der Waals surface area contributed by atoms with Gasteiger partial charge in [0.15, 0.2) is 0 Å². The van der Waals surface area contributed by atoms with Crippen LogP contribution in [0.2, 0.25) is 0 Å². The van der Waals surface area contributed by atoms with Gasteiger partial charge in [-0.15, -0.1) is 0 Å². The van der Waals surface area contributed by atoms with Gasteiger partial charge in [-0.25, -0.2) is 0 Å². The summed E-state index contributed by atoms with van der Waals surface area (Å²) in [6.07, 6.45) is 0. The lowest BCUT2D eigenvalue weighted by Gasteiger charge is -2.45. The highest BCUT2D eigenvalue weighted by Crippen LogP contribution is 2.70. The molecule has 18 aromatic rings. The second kappa shape index (κ2) is 21.7. The second-order valence-corrected chi connectivity index (χ2v) is 29.8. The Hall–Kier alpha value is -13.7. The first-order chi connectivity index (χ1) is 53.2. The van der Waals surface area contributed by atoms with Gasteiger partial charge in [-0.3, -0.25) is 0 Å². The molecule has 4 aliphatic carbocycles. The van der Waals surface area contributed by atoms with Crippen molar-refractivity contribution in [2.75, 3.05) is 9.80 Å². The van der Waals surface area contributed by atoms with E-state index in [0.29, 0.717) is 0 Å². The van der Waals surface area contributed by atoms with Gasteiger partial charge in [-0.2, -0.15) is 0 Å². The van der Waals surface area contributed by atoms with Gasteiger partial charge >= 0.3 is 0 Å². The van der Waals surface area contributed by atoms with Crippen LogP contribution in [-0.4, -0.2) is 0 Å². The van der Waals surface area contributed by atoms with Gasteiger partial charge in [0.25, 0.3) is 0 Å². The number of hydrogen-bond donors (Lipinski definition) is 0. The number of para-hydroxylation sites is 6. The van der Waals surface area contributed by atoms with Crippen molar-refractivity contribution < 1.29 is 0 Å². The molecule has 24 rings (SSSR count). The summed E-state index contributed by atoms with van der Waals surface area (Å²) in [6.45, 7) is 0. The van der Waals surface area contributed by atoms with Crippen LogP contribution >= 0.6 is 0 Å². The highest BCUT2D eigenvalue weighted by Gasteiger charge is 2.56. The van der Waals surface area contributed by atoms with E-state index in [0.717, 1.165) is 11.4 Å². The summed E-state index contributed by atoms with van der Waals surface area (Å²) in [4.78, 5) is 4.96. The first-order valence-electron chi connectivity index (χ1n) is 37.6. The van der Waals surface area contributed by atoms with Crippen molar-refractivity contribution >= 4 is 66.4 Å². The Kier molecular flexibility index (Phi) is 11.9. The number of anilines is 6. The third kappa shape index (κ3) is 7.34. The molecule has 107 heavy (non-hydrogen) atoms. The molecule has 0 aromatic heterocycles. The zero-order valence-electron chi connectivity index (χ0n) is 58.3. The van der Waals surface area contributed by atoms with Crippen molar-refractivity contribution in [2.24, 2.45) is 0 Å². The molecule has 1 atom stereocenters. The van der Waals surface area contributed by atoms with Gasteiger partial charge in [0, 0.05) is 11.4 Å². The average Bonchev–Trinajstić information content (AvgIpc) is 1.52. The van der Waals surface area contributed by atoms with Gasteiger partial charge in [-0.05, 0) is 232 Å². The van der Waals surface area contributed by atoms with Gasteiger partial charge in [0.05, 0.1) is 39.0 Å².